The third-order valence-electron chi connectivity index (χ3n) is 9.75. The highest BCUT2D eigenvalue weighted by molar-refractivity contribution is 8.01. The van der Waals surface area contributed by atoms with Gasteiger partial charge in [-0.2, -0.15) is 0 Å². The van der Waals surface area contributed by atoms with Crippen LogP contribution in [0, 0.1) is 47.4 Å². The van der Waals surface area contributed by atoms with Crippen molar-refractivity contribution in [2.24, 2.45) is 23.2 Å². The molecule has 1 aromatic carbocycles. The van der Waals surface area contributed by atoms with Gasteiger partial charge in [-0.15, -0.1) is 24.1 Å². The molecular weight excluding hydrogens is 412 g/mol. The highest BCUT2D eigenvalue weighted by Crippen LogP contribution is 2.73. The van der Waals surface area contributed by atoms with Gasteiger partial charge in [-0.05, 0) is 98.5 Å². The second-order valence-corrected chi connectivity index (χ2v) is 12.2. The van der Waals surface area contributed by atoms with Gasteiger partial charge in [0.2, 0.25) is 0 Å². The van der Waals surface area contributed by atoms with Crippen molar-refractivity contribution in [2.75, 3.05) is 0 Å². The molecule has 2 nitrogen and oxygen atoms in total. The van der Waals surface area contributed by atoms with Gasteiger partial charge >= 0.3 is 0 Å². The Kier molecular flexibility index (Phi) is 4.38. The van der Waals surface area contributed by atoms with E-state index < -0.39 is 5.60 Å². The Morgan fingerprint density at radius 2 is 2.06 bits per heavy atom. The van der Waals surface area contributed by atoms with E-state index in [0.29, 0.717) is 35.9 Å². The number of rotatable bonds is 0. The van der Waals surface area contributed by atoms with Crippen molar-refractivity contribution in [1.82, 2.24) is 0 Å². The SMILES string of the molecule is C#Cc1ccc2c(c1)S[C@]13CCC(=O)C=C1CC[C@@H]1C3[C@@H]2C[C@@]2(C)[C@H]1CC[C@@]2(O)C#CC. The lowest BCUT2D eigenvalue weighted by atomic mass is 9.46. The van der Waals surface area contributed by atoms with E-state index in [1.165, 1.54) is 16.0 Å². The average molecular weight is 443 g/mol. The van der Waals surface area contributed by atoms with Gasteiger partial charge in [0.25, 0.3) is 0 Å². The van der Waals surface area contributed by atoms with Crippen LogP contribution < -0.4 is 0 Å². The third kappa shape index (κ3) is 2.48. The van der Waals surface area contributed by atoms with E-state index in [2.05, 4.69) is 42.9 Å². The lowest BCUT2D eigenvalue weighted by molar-refractivity contribution is -0.116. The highest BCUT2D eigenvalue weighted by Gasteiger charge is 2.68. The molecule has 3 fully saturated rings. The van der Waals surface area contributed by atoms with E-state index in [4.69, 9.17) is 6.42 Å². The summed E-state index contributed by atoms with van der Waals surface area (Å²) in [6, 6.07) is 6.52. The van der Waals surface area contributed by atoms with Gasteiger partial charge in [-0.3, -0.25) is 4.79 Å². The number of carbonyl (C=O) groups excluding carboxylic acids is 1. The molecule has 6 rings (SSSR count). The van der Waals surface area contributed by atoms with Crippen molar-refractivity contribution < 1.29 is 9.90 Å². The molecule has 0 radical (unpaired) electrons. The maximum absolute atomic E-state index is 12.4. The van der Waals surface area contributed by atoms with Crippen molar-refractivity contribution in [3.63, 3.8) is 0 Å². The molecule has 1 spiro atoms. The van der Waals surface area contributed by atoms with Crippen LogP contribution in [0.5, 0.6) is 0 Å². The number of benzene rings is 1. The molecule has 1 heterocycles. The Bertz CT molecular complexity index is 1160. The van der Waals surface area contributed by atoms with Gasteiger partial charge in [-0.25, -0.2) is 0 Å². The van der Waals surface area contributed by atoms with Crippen LogP contribution in [0.4, 0.5) is 0 Å². The van der Waals surface area contributed by atoms with E-state index in [9.17, 15) is 9.90 Å². The summed E-state index contributed by atoms with van der Waals surface area (Å²) in [5.41, 5.74) is 2.56. The van der Waals surface area contributed by atoms with Crippen molar-refractivity contribution in [3.8, 4) is 24.2 Å². The van der Waals surface area contributed by atoms with Crippen LogP contribution in [0.3, 0.4) is 0 Å². The van der Waals surface area contributed by atoms with Crippen LogP contribution in [-0.4, -0.2) is 21.2 Å². The molecule has 0 saturated heterocycles. The zero-order chi connectivity index (χ0) is 22.3. The van der Waals surface area contributed by atoms with Crippen LogP contribution in [0.2, 0.25) is 0 Å². The molecule has 4 aliphatic carbocycles. The molecule has 3 saturated carbocycles. The first-order valence-corrected chi connectivity index (χ1v) is 12.9. The monoisotopic (exact) mass is 442 g/mol. The predicted octanol–water partition coefficient (Wildman–Crippen LogP) is 5.49. The van der Waals surface area contributed by atoms with Crippen molar-refractivity contribution in [2.45, 2.75) is 80.0 Å². The largest absolute Gasteiger partial charge is 0.377 e. The topological polar surface area (TPSA) is 37.3 Å². The normalized spacial score (nSPS) is 43.4. The molecule has 7 atom stereocenters. The fourth-order valence-corrected chi connectivity index (χ4v) is 10.3. The molecule has 1 aliphatic heterocycles. The molecule has 1 N–H and O–H groups in total. The van der Waals surface area contributed by atoms with Crippen LogP contribution in [0.1, 0.15) is 75.8 Å². The van der Waals surface area contributed by atoms with Gasteiger partial charge in [0.05, 0.1) is 0 Å². The summed E-state index contributed by atoms with van der Waals surface area (Å²) in [6.07, 6.45) is 14.2. The van der Waals surface area contributed by atoms with Crippen molar-refractivity contribution >= 4 is 17.5 Å². The molecule has 164 valence electrons. The molecular formula is C29H30O2S. The molecule has 1 unspecified atom stereocenters. The van der Waals surface area contributed by atoms with E-state index in [1.807, 2.05) is 24.8 Å². The van der Waals surface area contributed by atoms with Gasteiger partial charge in [-0.1, -0.05) is 24.8 Å². The smallest absolute Gasteiger partial charge is 0.155 e. The molecule has 3 heteroatoms. The van der Waals surface area contributed by atoms with Crippen LogP contribution in [-0.2, 0) is 4.79 Å². The quantitative estimate of drug-likeness (QED) is 0.540. The lowest BCUT2D eigenvalue weighted by Crippen LogP contribution is -2.60. The Morgan fingerprint density at radius 1 is 1.22 bits per heavy atom. The fourth-order valence-electron chi connectivity index (χ4n) is 8.43. The molecule has 0 aromatic heterocycles. The summed E-state index contributed by atoms with van der Waals surface area (Å²) in [5, 5.41) is 11.8. The maximum Gasteiger partial charge on any atom is 0.155 e. The number of ketones is 1. The number of aliphatic hydroxyl groups is 1. The standard InChI is InChI=1S/C29H30O2S/c1-4-12-28(31)13-11-24-22-9-7-19-16-20(30)10-14-29(19)26(22)23(17-27(24,28)3)21-8-6-18(5-2)15-25(21)32-29/h2,6,8,15-16,22-24,26,31H,7,9-11,13-14,17H2,1,3H3/t22-,23+,24-,26?,27-,28-,29+/m0/s1. The van der Waals surface area contributed by atoms with E-state index in [0.717, 1.165) is 44.1 Å². The van der Waals surface area contributed by atoms with Gasteiger partial charge in [0.1, 0.15) is 5.60 Å². The number of carbonyl (C=O) groups is 1. The molecule has 0 amide bonds. The number of hydrogen-bond acceptors (Lipinski definition) is 3. The first-order valence-electron chi connectivity index (χ1n) is 12.0. The van der Waals surface area contributed by atoms with Crippen molar-refractivity contribution in [3.05, 3.63) is 41.0 Å². The Labute approximate surface area is 195 Å². The zero-order valence-electron chi connectivity index (χ0n) is 18.9. The molecule has 5 aliphatic rings. The minimum absolute atomic E-state index is 0.000184. The van der Waals surface area contributed by atoms with Crippen molar-refractivity contribution in [1.29, 1.82) is 0 Å². The summed E-state index contributed by atoms with van der Waals surface area (Å²) in [4.78, 5) is 13.7. The van der Waals surface area contributed by atoms with E-state index in [1.54, 1.807) is 0 Å². The minimum atomic E-state index is -0.910. The number of thioether (sulfide) groups is 1. The second-order valence-electron chi connectivity index (χ2n) is 10.9. The van der Waals surface area contributed by atoms with E-state index in [-0.39, 0.29) is 10.2 Å². The highest BCUT2D eigenvalue weighted by atomic mass is 32.2. The first-order chi connectivity index (χ1) is 15.3. The van der Waals surface area contributed by atoms with Gasteiger partial charge in [0.15, 0.2) is 5.78 Å². The number of hydrogen-bond donors (Lipinski definition) is 1. The number of terminal acetylenes is 1. The summed E-state index contributed by atoms with van der Waals surface area (Å²) in [5.74, 6) is 11.3. The molecule has 32 heavy (non-hydrogen) atoms. The summed E-state index contributed by atoms with van der Waals surface area (Å²) in [6.45, 7) is 4.16. The maximum atomic E-state index is 12.4. The summed E-state index contributed by atoms with van der Waals surface area (Å²) in [7, 11) is 0. The summed E-state index contributed by atoms with van der Waals surface area (Å²) >= 11 is 2.00. The van der Waals surface area contributed by atoms with Crippen LogP contribution in [0.25, 0.3) is 0 Å². The lowest BCUT2D eigenvalue weighted by Gasteiger charge is -2.64. The Balaban J connectivity index is 1.57. The minimum Gasteiger partial charge on any atom is -0.377 e. The van der Waals surface area contributed by atoms with Gasteiger partial charge < -0.3 is 5.11 Å². The fraction of sp³-hybridized carbons (Fsp3) is 0.552. The molecule has 0 bridgehead atoms. The Morgan fingerprint density at radius 3 is 2.84 bits per heavy atom. The molecule has 1 aromatic rings. The van der Waals surface area contributed by atoms with Gasteiger partial charge in [0, 0.05) is 27.0 Å². The predicted molar refractivity (Wildman–Crippen MR) is 128 cm³/mol. The first kappa shape index (κ1) is 20.7. The summed E-state index contributed by atoms with van der Waals surface area (Å²) < 4.78 is 0.000184. The number of fused-ring (bicyclic) bond motifs is 4. The Hall–Kier alpha value is -1.94. The third-order valence-corrected chi connectivity index (χ3v) is 11.4. The average Bonchev–Trinajstić information content (AvgIpc) is 3.04. The second kappa shape index (κ2) is 6.79. The van der Waals surface area contributed by atoms with Crippen LogP contribution >= 0.6 is 11.8 Å². The zero-order valence-corrected chi connectivity index (χ0v) is 19.7. The van der Waals surface area contributed by atoms with E-state index >= 15 is 0 Å². The van der Waals surface area contributed by atoms with Crippen LogP contribution in [0.15, 0.2) is 34.7 Å².